The summed E-state index contributed by atoms with van der Waals surface area (Å²) in [7, 11) is 0. The fraction of sp³-hybridized carbons (Fsp3) is 0.345. The van der Waals surface area contributed by atoms with Gasteiger partial charge in [0.1, 0.15) is 0 Å². The van der Waals surface area contributed by atoms with Crippen molar-refractivity contribution in [3.63, 3.8) is 0 Å². The van der Waals surface area contributed by atoms with Crippen LogP contribution in [0.1, 0.15) is 54.9 Å². The maximum Gasteiger partial charge on any atom is 0.234 e. The number of fused-ring (bicyclic) bond motifs is 2. The number of benzene rings is 2. The van der Waals surface area contributed by atoms with E-state index in [-0.39, 0.29) is 5.91 Å². The Bertz CT molecular complexity index is 1310. The van der Waals surface area contributed by atoms with Gasteiger partial charge in [-0.1, -0.05) is 62.4 Å². The number of aromatic nitrogens is 3. The van der Waals surface area contributed by atoms with E-state index >= 15 is 0 Å². The number of para-hydroxylation sites is 1. The Balaban J connectivity index is 1.59. The van der Waals surface area contributed by atoms with Crippen LogP contribution in [-0.4, -0.2) is 31.9 Å². The standard InChI is InChI=1S/C29H32N4O/c1-3-10-28(34)32-18-17-24-25(16-15-21-11-6-5-7-12-21)30-29(31-26(24)20-32)33-23(4-2)19-22-13-8-9-14-27(22)33/h5-9,11-14,19H,3-4,10,15-18,20H2,1-2H3. The lowest BCUT2D eigenvalue weighted by atomic mass is 9.98. The van der Waals surface area contributed by atoms with Crippen LogP contribution in [0.5, 0.6) is 0 Å². The fourth-order valence-electron chi connectivity index (χ4n) is 5.00. The Morgan fingerprint density at radius 2 is 1.76 bits per heavy atom. The second-order valence-corrected chi connectivity index (χ2v) is 9.08. The number of carbonyl (C=O) groups is 1. The summed E-state index contributed by atoms with van der Waals surface area (Å²) in [6.45, 7) is 5.55. The van der Waals surface area contributed by atoms with Crippen molar-refractivity contribution in [2.75, 3.05) is 6.54 Å². The molecule has 5 rings (SSSR count). The smallest absolute Gasteiger partial charge is 0.234 e. The SMILES string of the molecule is CCCC(=O)N1CCc2c(CCc3ccccc3)nc(-n3c(CC)cc4ccccc43)nc2C1. The molecule has 0 aliphatic carbocycles. The summed E-state index contributed by atoms with van der Waals surface area (Å²) < 4.78 is 2.20. The van der Waals surface area contributed by atoms with Crippen molar-refractivity contribution in [3.8, 4) is 5.95 Å². The zero-order valence-corrected chi connectivity index (χ0v) is 20.1. The maximum atomic E-state index is 12.7. The van der Waals surface area contributed by atoms with E-state index in [1.165, 1.54) is 22.2 Å². The Kier molecular flexibility index (Phi) is 6.43. The van der Waals surface area contributed by atoms with Crippen LogP contribution in [0.3, 0.4) is 0 Å². The van der Waals surface area contributed by atoms with Crippen LogP contribution in [0.4, 0.5) is 0 Å². The van der Waals surface area contributed by atoms with Crippen LogP contribution in [0.25, 0.3) is 16.9 Å². The van der Waals surface area contributed by atoms with Gasteiger partial charge in [-0.2, -0.15) is 0 Å². The number of aryl methyl sites for hydroxylation is 3. The molecule has 0 atom stereocenters. The van der Waals surface area contributed by atoms with Gasteiger partial charge in [-0.05, 0) is 55.4 Å². The quantitative estimate of drug-likeness (QED) is 0.374. The van der Waals surface area contributed by atoms with E-state index in [1.807, 2.05) is 4.90 Å². The molecule has 0 N–H and O–H groups in total. The number of rotatable bonds is 7. The zero-order valence-electron chi connectivity index (χ0n) is 20.1. The van der Waals surface area contributed by atoms with E-state index in [0.29, 0.717) is 13.0 Å². The van der Waals surface area contributed by atoms with Crippen LogP contribution in [0.15, 0.2) is 60.7 Å². The molecule has 0 unspecified atom stereocenters. The lowest BCUT2D eigenvalue weighted by Gasteiger charge is -2.30. The van der Waals surface area contributed by atoms with Gasteiger partial charge in [0.25, 0.3) is 0 Å². The van der Waals surface area contributed by atoms with Crippen LogP contribution in [0.2, 0.25) is 0 Å². The summed E-state index contributed by atoms with van der Waals surface area (Å²) in [5, 5.41) is 1.20. The lowest BCUT2D eigenvalue weighted by Crippen LogP contribution is -2.37. The van der Waals surface area contributed by atoms with E-state index in [9.17, 15) is 4.79 Å². The molecular weight excluding hydrogens is 420 g/mol. The van der Waals surface area contributed by atoms with Crippen molar-refractivity contribution in [1.82, 2.24) is 19.4 Å². The molecule has 0 spiro atoms. The molecule has 1 amide bonds. The van der Waals surface area contributed by atoms with Gasteiger partial charge in [0.2, 0.25) is 11.9 Å². The van der Waals surface area contributed by atoms with Crippen LogP contribution < -0.4 is 0 Å². The van der Waals surface area contributed by atoms with Gasteiger partial charge in [0, 0.05) is 29.7 Å². The van der Waals surface area contributed by atoms with Crippen molar-refractivity contribution < 1.29 is 4.79 Å². The third-order valence-electron chi connectivity index (χ3n) is 6.80. The maximum absolute atomic E-state index is 12.7. The summed E-state index contributed by atoms with van der Waals surface area (Å²) >= 11 is 0. The topological polar surface area (TPSA) is 51.0 Å². The summed E-state index contributed by atoms with van der Waals surface area (Å²) in [4.78, 5) is 24.9. The molecule has 0 saturated carbocycles. The fourth-order valence-corrected chi connectivity index (χ4v) is 5.00. The molecule has 2 aromatic heterocycles. The Morgan fingerprint density at radius 1 is 0.971 bits per heavy atom. The summed E-state index contributed by atoms with van der Waals surface area (Å²) in [6.07, 6.45) is 4.99. The largest absolute Gasteiger partial charge is 0.336 e. The zero-order chi connectivity index (χ0) is 23.5. The summed E-state index contributed by atoms with van der Waals surface area (Å²) in [6, 6.07) is 21.2. The first-order valence-electron chi connectivity index (χ1n) is 12.5. The molecule has 5 nitrogen and oxygen atoms in total. The van der Waals surface area contributed by atoms with Crippen LogP contribution in [0, 0.1) is 0 Å². The number of carbonyl (C=O) groups excluding carboxylic acids is 1. The average Bonchev–Trinajstić information content (AvgIpc) is 3.26. The Labute approximate surface area is 201 Å². The molecule has 0 saturated heterocycles. The van der Waals surface area contributed by atoms with Crippen molar-refractivity contribution >= 4 is 16.8 Å². The van der Waals surface area contributed by atoms with Crippen LogP contribution >= 0.6 is 0 Å². The van der Waals surface area contributed by atoms with Crippen molar-refractivity contribution in [3.05, 3.63) is 88.9 Å². The Hall–Kier alpha value is -3.47. The predicted molar refractivity (Wildman–Crippen MR) is 136 cm³/mol. The first kappa shape index (κ1) is 22.3. The molecule has 1 aliphatic rings. The molecule has 174 valence electrons. The van der Waals surface area contributed by atoms with Crippen LogP contribution in [-0.2, 0) is 37.0 Å². The van der Waals surface area contributed by atoms with Gasteiger partial charge in [-0.25, -0.2) is 9.97 Å². The highest BCUT2D eigenvalue weighted by Crippen LogP contribution is 2.27. The average molecular weight is 453 g/mol. The molecule has 4 aromatic rings. The minimum atomic E-state index is 0.222. The molecule has 1 aliphatic heterocycles. The minimum Gasteiger partial charge on any atom is -0.336 e. The second kappa shape index (κ2) is 9.80. The highest BCUT2D eigenvalue weighted by molar-refractivity contribution is 5.82. The summed E-state index contributed by atoms with van der Waals surface area (Å²) in [5.41, 5.74) is 6.99. The molecule has 5 heteroatoms. The predicted octanol–water partition coefficient (Wildman–Crippen LogP) is 5.45. The van der Waals surface area contributed by atoms with E-state index < -0.39 is 0 Å². The van der Waals surface area contributed by atoms with E-state index in [2.05, 4.69) is 79.1 Å². The third-order valence-corrected chi connectivity index (χ3v) is 6.80. The normalized spacial score (nSPS) is 13.3. The minimum absolute atomic E-state index is 0.222. The van der Waals surface area contributed by atoms with Crippen molar-refractivity contribution in [2.24, 2.45) is 0 Å². The van der Waals surface area contributed by atoms with E-state index in [0.717, 1.165) is 61.5 Å². The number of hydrogen-bond donors (Lipinski definition) is 0. The number of amides is 1. The van der Waals surface area contributed by atoms with Gasteiger partial charge in [-0.3, -0.25) is 9.36 Å². The monoisotopic (exact) mass is 452 g/mol. The van der Waals surface area contributed by atoms with Gasteiger partial charge in [0.05, 0.1) is 17.8 Å². The molecule has 0 bridgehead atoms. The Morgan fingerprint density at radius 3 is 2.56 bits per heavy atom. The molecular formula is C29H32N4O. The van der Waals surface area contributed by atoms with E-state index in [1.54, 1.807) is 0 Å². The van der Waals surface area contributed by atoms with Gasteiger partial charge < -0.3 is 4.90 Å². The van der Waals surface area contributed by atoms with Crippen molar-refractivity contribution in [2.45, 2.75) is 58.9 Å². The number of hydrogen-bond acceptors (Lipinski definition) is 3. The first-order valence-corrected chi connectivity index (χ1v) is 12.5. The first-order chi connectivity index (χ1) is 16.7. The summed E-state index contributed by atoms with van der Waals surface area (Å²) in [5.74, 6) is 0.949. The highest BCUT2D eigenvalue weighted by Gasteiger charge is 2.26. The van der Waals surface area contributed by atoms with Gasteiger partial charge in [0.15, 0.2) is 0 Å². The molecule has 2 aromatic carbocycles. The molecule has 3 heterocycles. The van der Waals surface area contributed by atoms with Gasteiger partial charge >= 0.3 is 0 Å². The van der Waals surface area contributed by atoms with E-state index in [4.69, 9.17) is 9.97 Å². The lowest BCUT2D eigenvalue weighted by molar-refractivity contribution is -0.132. The molecule has 0 radical (unpaired) electrons. The van der Waals surface area contributed by atoms with Gasteiger partial charge in [-0.15, -0.1) is 0 Å². The second-order valence-electron chi connectivity index (χ2n) is 9.08. The number of nitrogens with zero attached hydrogens (tertiary/aromatic N) is 4. The molecule has 0 fully saturated rings. The van der Waals surface area contributed by atoms with Crippen molar-refractivity contribution in [1.29, 1.82) is 0 Å². The highest BCUT2D eigenvalue weighted by atomic mass is 16.2. The molecule has 34 heavy (non-hydrogen) atoms. The third kappa shape index (κ3) is 4.35.